The largest absolute Gasteiger partial charge is 0.497 e. The molecule has 0 heterocycles. The van der Waals surface area contributed by atoms with Gasteiger partial charge >= 0.3 is 0 Å². The number of ether oxygens (including phenoxy) is 1. The fraction of sp³-hybridized carbons (Fsp3) is 0.333. The van der Waals surface area contributed by atoms with Crippen molar-refractivity contribution < 1.29 is 9.13 Å². The fourth-order valence-electron chi connectivity index (χ4n) is 2.88. The summed E-state index contributed by atoms with van der Waals surface area (Å²) >= 11 is 0. The second-order valence-corrected chi connectivity index (χ2v) is 6.70. The van der Waals surface area contributed by atoms with Gasteiger partial charge in [-0.2, -0.15) is 0 Å². The molecule has 132 valence electrons. The van der Waals surface area contributed by atoms with Gasteiger partial charge in [-0.3, -0.25) is 0 Å². The summed E-state index contributed by atoms with van der Waals surface area (Å²) < 4.78 is 19.3. The number of nitrogens with one attached hydrogen (secondary N) is 2. The van der Waals surface area contributed by atoms with Crippen LogP contribution in [-0.4, -0.2) is 13.7 Å². The first-order valence-corrected chi connectivity index (χ1v) is 8.66. The van der Waals surface area contributed by atoms with E-state index < -0.39 is 0 Å². The number of benzene rings is 2. The number of rotatable bonds is 8. The van der Waals surface area contributed by atoms with Crippen molar-refractivity contribution in [3.05, 3.63) is 71.7 Å². The van der Waals surface area contributed by atoms with E-state index in [1.54, 1.807) is 7.11 Å². The first-order chi connectivity index (χ1) is 12.1. The van der Waals surface area contributed by atoms with Crippen LogP contribution in [0.1, 0.15) is 36.9 Å². The first-order valence-electron chi connectivity index (χ1n) is 8.66. The molecule has 0 aromatic heterocycles. The van der Waals surface area contributed by atoms with Crippen LogP contribution in [0.4, 0.5) is 10.1 Å². The number of methoxy groups -OCH3 is 1. The zero-order valence-electron chi connectivity index (χ0n) is 14.8. The van der Waals surface area contributed by atoms with Gasteiger partial charge in [-0.1, -0.05) is 24.8 Å². The normalized spacial score (nSPS) is 14.8. The highest BCUT2D eigenvalue weighted by Gasteiger charge is 2.24. The van der Waals surface area contributed by atoms with Crippen molar-refractivity contribution in [1.29, 1.82) is 0 Å². The summed E-state index contributed by atoms with van der Waals surface area (Å²) in [6, 6.07) is 13.2. The van der Waals surface area contributed by atoms with E-state index in [-0.39, 0.29) is 11.9 Å². The molecular weight excluding hydrogens is 315 g/mol. The van der Waals surface area contributed by atoms with Crippen LogP contribution in [0.2, 0.25) is 0 Å². The molecule has 3 rings (SSSR count). The Morgan fingerprint density at radius 2 is 1.88 bits per heavy atom. The van der Waals surface area contributed by atoms with Gasteiger partial charge in [-0.25, -0.2) is 4.39 Å². The highest BCUT2D eigenvalue weighted by atomic mass is 19.1. The maximum absolute atomic E-state index is 14.1. The Morgan fingerprint density at radius 1 is 1.20 bits per heavy atom. The lowest BCUT2D eigenvalue weighted by molar-refractivity contribution is 0.414. The average Bonchev–Trinajstić information content (AvgIpc) is 3.42. The van der Waals surface area contributed by atoms with Crippen molar-refractivity contribution in [2.24, 2.45) is 5.92 Å². The summed E-state index contributed by atoms with van der Waals surface area (Å²) in [7, 11) is 1.66. The second-order valence-electron chi connectivity index (χ2n) is 6.70. The van der Waals surface area contributed by atoms with E-state index in [9.17, 15) is 4.39 Å². The Kier molecular flexibility index (Phi) is 5.39. The standard InChI is InChI=1S/C21H25FN2O/c1-14(2)24-20-12-17(8-11-19(20)22)21(23-13-15-4-5-15)16-6-9-18(25-3)10-7-16/h6-12,15,21,23-24H,1,4-5,13H2,2-3H3. The lowest BCUT2D eigenvalue weighted by Crippen LogP contribution is -2.24. The highest BCUT2D eigenvalue weighted by Crippen LogP contribution is 2.31. The van der Waals surface area contributed by atoms with Crippen LogP contribution in [0.25, 0.3) is 0 Å². The molecule has 0 radical (unpaired) electrons. The molecule has 1 saturated carbocycles. The molecule has 0 bridgehead atoms. The van der Waals surface area contributed by atoms with Crippen LogP contribution < -0.4 is 15.4 Å². The SMILES string of the molecule is C=C(C)Nc1cc(C(NCC2CC2)c2ccc(OC)cc2)ccc1F. The summed E-state index contributed by atoms with van der Waals surface area (Å²) in [5.41, 5.74) is 3.32. The van der Waals surface area contributed by atoms with E-state index >= 15 is 0 Å². The molecule has 25 heavy (non-hydrogen) atoms. The summed E-state index contributed by atoms with van der Waals surface area (Å²) in [4.78, 5) is 0. The van der Waals surface area contributed by atoms with Crippen LogP contribution in [0.15, 0.2) is 54.7 Å². The van der Waals surface area contributed by atoms with E-state index in [4.69, 9.17) is 4.74 Å². The first kappa shape index (κ1) is 17.5. The Hall–Kier alpha value is -2.33. The molecule has 1 unspecified atom stereocenters. The van der Waals surface area contributed by atoms with Crippen LogP contribution in [0.5, 0.6) is 5.75 Å². The molecule has 0 spiro atoms. The smallest absolute Gasteiger partial charge is 0.146 e. The average molecular weight is 340 g/mol. The molecule has 2 aromatic rings. The maximum atomic E-state index is 14.1. The van der Waals surface area contributed by atoms with Crippen molar-refractivity contribution in [1.82, 2.24) is 5.32 Å². The molecule has 1 aliphatic rings. The van der Waals surface area contributed by atoms with Crippen LogP contribution >= 0.6 is 0 Å². The summed E-state index contributed by atoms with van der Waals surface area (Å²) in [5, 5.41) is 6.64. The minimum Gasteiger partial charge on any atom is -0.497 e. The summed E-state index contributed by atoms with van der Waals surface area (Å²) in [5.74, 6) is 1.31. The molecule has 0 saturated heterocycles. The Balaban J connectivity index is 1.90. The third kappa shape index (κ3) is 4.60. The number of halogens is 1. The Bertz CT molecular complexity index is 738. The van der Waals surface area contributed by atoms with E-state index in [2.05, 4.69) is 29.3 Å². The molecule has 3 nitrogen and oxygen atoms in total. The van der Waals surface area contributed by atoms with Gasteiger partial charge in [0, 0.05) is 5.70 Å². The maximum Gasteiger partial charge on any atom is 0.146 e. The van der Waals surface area contributed by atoms with Crippen LogP contribution in [0.3, 0.4) is 0 Å². The van der Waals surface area contributed by atoms with Crippen LogP contribution in [0, 0.1) is 11.7 Å². The number of allylic oxidation sites excluding steroid dienone is 1. The van der Waals surface area contributed by atoms with Gasteiger partial charge in [-0.15, -0.1) is 0 Å². The topological polar surface area (TPSA) is 33.3 Å². The predicted octanol–water partition coefficient (Wildman–Crippen LogP) is 4.87. The molecule has 2 N–H and O–H groups in total. The molecule has 2 aromatic carbocycles. The van der Waals surface area contributed by atoms with Crippen molar-refractivity contribution in [2.45, 2.75) is 25.8 Å². The van der Waals surface area contributed by atoms with Crippen molar-refractivity contribution in [2.75, 3.05) is 19.0 Å². The van der Waals surface area contributed by atoms with E-state index in [1.165, 1.54) is 18.9 Å². The van der Waals surface area contributed by atoms with Crippen molar-refractivity contribution >= 4 is 5.69 Å². The summed E-state index contributed by atoms with van der Waals surface area (Å²) in [6.07, 6.45) is 2.57. The lowest BCUT2D eigenvalue weighted by Gasteiger charge is -2.21. The minimum absolute atomic E-state index is 0.0118. The van der Waals surface area contributed by atoms with E-state index in [0.29, 0.717) is 11.4 Å². The number of anilines is 1. The zero-order valence-corrected chi connectivity index (χ0v) is 14.8. The number of hydrogen-bond donors (Lipinski definition) is 2. The second kappa shape index (κ2) is 7.70. The van der Waals surface area contributed by atoms with Crippen molar-refractivity contribution in [3.8, 4) is 5.75 Å². The molecule has 0 amide bonds. The zero-order chi connectivity index (χ0) is 17.8. The third-order valence-corrected chi connectivity index (χ3v) is 4.43. The van der Waals surface area contributed by atoms with Gasteiger partial charge in [0.15, 0.2) is 0 Å². The van der Waals surface area contributed by atoms with Gasteiger partial charge in [0.05, 0.1) is 18.8 Å². The molecule has 1 aliphatic carbocycles. The van der Waals surface area contributed by atoms with Crippen LogP contribution in [-0.2, 0) is 0 Å². The molecule has 1 fully saturated rings. The molecule has 4 heteroatoms. The van der Waals surface area contributed by atoms with E-state index in [0.717, 1.165) is 29.3 Å². The molecule has 1 atom stereocenters. The Labute approximate surface area is 148 Å². The number of hydrogen-bond acceptors (Lipinski definition) is 3. The lowest BCUT2D eigenvalue weighted by atomic mass is 9.97. The third-order valence-electron chi connectivity index (χ3n) is 4.43. The fourth-order valence-corrected chi connectivity index (χ4v) is 2.88. The molecule has 0 aliphatic heterocycles. The van der Waals surface area contributed by atoms with Gasteiger partial charge in [0.2, 0.25) is 0 Å². The van der Waals surface area contributed by atoms with Gasteiger partial charge in [-0.05, 0) is 67.6 Å². The summed E-state index contributed by atoms with van der Waals surface area (Å²) in [6.45, 7) is 6.59. The molecular formula is C21H25FN2O. The predicted molar refractivity (Wildman–Crippen MR) is 100 cm³/mol. The van der Waals surface area contributed by atoms with Gasteiger partial charge < -0.3 is 15.4 Å². The monoisotopic (exact) mass is 340 g/mol. The van der Waals surface area contributed by atoms with Crippen molar-refractivity contribution in [3.63, 3.8) is 0 Å². The quantitative estimate of drug-likeness (QED) is 0.719. The van der Waals surface area contributed by atoms with Gasteiger partial charge in [0.25, 0.3) is 0 Å². The highest BCUT2D eigenvalue weighted by molar-refractivity contribution is 5.52. The van der Waals surface area contributed by atoms with E-state index in [1.807, 2.05) is 31.2 Å². The minimum atomic E-state index is -0.276. The van der Waals surface area contributed by atoms with Gasteiger partial charge in [0.1, 0.15) is 11.6 Å². The Morgan fingerprint density at radius 3 is 2.48 bits per heavy atom.